The van der Waals surface area contributed by atoms with Crippen molar-refractivity contribution in [2.45, 2.75) is 37.8 Å². The van der Waals surface area contributed by atoms with Gasteiger partial charge < -0.3 is 9.30 Å². The maximum atomic E-state index is 13.9. The van der Waals surface area contributed by atoms with Gasteiger partial charge in [-0.05, 0) is 67.3 Å². The molecular weight excluding hydrogens is 482 g/mol. The number of nitrogens with one attached hydrogen (secondary N) is 1. The monoisotopic (exact) mass is 507 g/mol. The van der Waals surface area contributed by atoms with Crippen LogP contribution in [-0.2, 0) is 4.74 Å². The zero-order valence-corrected chi connectivity index (χ0v) is 20.1. The van der Waals surface area contributed by atoms with Crippen molar-refractivity contribution in [3.8, 4) is 16.8 Å². The van der Waals surface area contributed by atoms with Crippen LogP contribution < -0.4 is 0 Å². The van der Waals surface area contributed by atoms with Gasteiger partial charge in [-0.2, -0.15) is 18.3 Å². The molecule has 4 nitrogen and oxygen atoms in total. The SMILES string of the molecule is CC(c1ccc(-c2c(C3CCOCC3)n(-c3ccc(F)cc3)c3cc4cn[nH]c4cc23)cc1)C(F)(F)F. The minimum Gasteiger partial charge on any atom is -0.381 e. The van der Waals surface area contributed by atoms with Crippen LogP contribution in [0.2, 0.25) is 0 Å². The van der Waals surface area contributed by atoms with Crippen LogP contribution in [0.5, 0.6) is 0 Å². The largest absolute Gasteiger partial charge is 0.395 e. The Morgan fingerprint density at radius 3 is 2.38 bits per heavy atom. The molecule has 1 saturated heterocycles. The molecule has 5 aromatic rings. The van der Waals surface area contributed by atoms with Crippen molar-refractivity contribution in [3.63, 3.8) is 0 Å². The van der Waals surface area contributed by atoms with Crippen LogP contribution in [0, 0.1) is 5.82 Å². The van der Waals surface area contributed by atoms with E-state index in [1.54, 1.807) is 42.6 Å². The molecule has 190 valence electrons. The van der Waals surface area contributed by atoms with Gasteiger partial charge in [0.2, 0.25) is 0 Å². The highest BCUT2D eigenvalue weighted by Gasteiger charge is 2.37. The highest BCUT2D eigenvalue weighted by molar-refractivity contribution is 6.05. The van der Waals surface area contributed by atoms with Crippen molar-refractivity contribution in [2.75, 3.05) is 13.2 Å². The summed E-state index contributed by atoms with van der Waals surface area (Å²) in [6, 6.07) is 17.2. The third-order valence-electron chi connectivity index (χ3n) is 7.45. The van der Waals surface area contributed by atoms with E-state index in [2.05, 4.69) is 20.8 Å². The molecule has 0 saturated carbocycles. The van der Waals surface area contributed by atoms with Gasteiger partial charge in [0, 0.05) is 46.8 Å². The first kappa shape index (κ1) is 23.7. The number of hydrogen-bond donors (Lipinski definition) is 1. The summed E-state index contributed by atoms with van der Waals surface area (Å²) in [6.07, 6.45) is -0.919. The normalized spacial score (nSPS) is 16.0. The Labute approximate surface area is 210 Å². The van der Waals surface area contributed by atoms with Crippen LogP contribution in [0.1, 0.15) is 42.9 Å². The van der Waals surface area contributed by atoms with E-state index in [1.807, 2.05) is 6.07 Å². The average molecular weight is 508 g/mol. The Morgan fingerprint density at radius 2 is 1.70 bits per heavy atom. The van der Waals surface area contributed by atoms with Gasteiger partial charge in [-0.15, -0.1) is 0 Å². The lowest BCUT2D eigenvalue weighted by Crippen LogP contribution is -2.18. The number of rotatable bonds is 4. The molecule has 1 fully saturated rings. The molecule has 0 aliphatic carbocycles. The van der Waals surface area contributed by atoms with E-state index in [0.29, 0.717) is 13.2 Å². The molecule has 3 heterocycles. The number of nitrogens with zero attached hydrogens (tertiary/aromatic N) is 2. The molecule has 1 aliphatic rings. The van der Waals surface area contributed by atoms with Crippen LogP contribution >= 0.6 is 0 Å². The molecule has 8 heteroatoms. The first-order valence-electron chi connectivity index (χ1n) is 12.3. The fourth-order valence-corrected chi connectivity index (χ4v) is 5.40. The van der Waals surface area contributed by atoms with E-state index in [9.17, 15) is 17.6 Å². The van der Waals surface area contributed by atoms with Crippen molar-refractivity contribution in [1.29, 1.82) is 0 Å². The van der Waals surface area contributed by atoms with Gasteiger partial charge >= 0.3 is 6.18 Å². The number of H-pyrrole nitrogens is 1. The van der Waals surface area contributed by atoms with E-state index < -0.39 is 12.1 Å². The van der Waals surface area contributed by atoms with Crippen LogP contribution in [0.15, 0.2) is 66.9 Å². The van der Waals surface area contributed by atoms with Crippen molar-refractivity contribution < 1.29 is 22.3 Å². The molecule has 0 spiro atoms. The molecule has 1 atom stereocenters. The number of ether oxygens (including phenoxy) is 1. The summed E-state index contributed by atoms with van der Waals surface area (Å²) in [7, 11) is 0. The maximum absolute atomic E-state index is 13.9. The molecular formula is C29H25F4N3O. The van der Waals surface area contributed by atoms with Gasteiger partial charge in [-0.1, -0.05) is 24.3 Å². The zero-order valence-electron chi connectivity index (χ0n) is 20.1. The Kier molecular flexibility index (Phi) is 5.79. The van der Waals surface area contributed by atoms with Gasteiger partial charge in [-0.3, -0.25) is 5.10 Å². The van der Waals surface area contributed by atoms with Crippen LogP contribution in [0.25, 0.3) is 38.6 Å². The molecule has 1 N–H and O–H groups in total. The quantitative estimate of drug-likeness (QED) is 0.252. The predicted octanol–water partition coefficient (Wildman–Crippen LogP) is 7.87. The molecule has 1 unspecified atom stereocenters. The lowest BCUT2D eigenvalue weighted by atomic mass is 9.89. The number of alkyl halides is 3. The van der Waals surface area contributed by atoms with E-state index >= 15 is 0 Å². The van der Waals surface area contributed by atoms with Gasteiger partial charge in [0.05, 0.1) is 23.1 Å². The minimum atomic E-state index is -4.31. The Hall–Kier alpha value is -3.65. The third-order valence-corrected chi connectivity index (χ3v) is 7.45. The van der Waals surface area contributed by atoms with Crippen LogP contribution in [0.4, 0.5) is 17.6 Å². The van der Waals surface area contributed by atoms with E-state index in [4.69, 9.17) is 4.74 Å². The number of halogens is 4. The summed E-state index contributed by atoms with van der Waals surface area (Å²) in [4.78, 5) is 0. The van der Waals surface area contributed by atoms with Crippen molar-refractivity contribution in [1.82, 2.24) is 14.8 Å². The molecule has 0 radical (unpaired) electrons. The smallest absolute Gasteiger partial charge is 0.381 e. The summed E-state index contributed by atoms with van der Waals surface area (Å²) in [5, 5.41) is 9.11. The molecule has 1 aliphatic heterocycles. The van der Waals surface area contributed by atoms with Gasteiger partial charge in [-0.25, -0.2) is 4.39 Å². The molecule has 0 bridgehead atoms. The highest BCUT2D eigenvalue weighted by Crippen LogP contribution is 2.45. The maximum Gasteiger partial charge on any atom is 0.395 e. The minimum absolute atomic E-state index is 0.159. The van der Waals surface area contributed by atoms with E-state index in [1.165, 1.54) is 19.1 Å². The summed E-state index contributed by atoms with van der Waals surface area (Å²) < 4.78 is 61.8. The van der Waals surface area contributed by atoms with Gasteiger partial charge in [0.25, 0.3) is 0 Å². The Balaban J connectivity index is 1.64. The Bertz CT molecular complexity index is 1560. The Morgan fingerprint density at radius 1 is 1.00 bits per heavy atom. The van der Waals surface area contributed by atoms with Crippen molar-refractivity contribution >= 4 is 21.8 Å². The number of hydrogen-bond acceptors (Lipinski definition) is 2. The van der Waals surface area contributed by atoms with Crippen molar-refractivity contribution in [3.05, 3.63) is 83.9 Å². The standard InChI is InChI=1S/C29H25F4N3O/c1-17(29(31,32)33)18-2-4-19(5-3-18)27-24-15-25-21(16-34-35-25)14-26(24)36(23-8-6-22(30)7-9-23)28(27)20-10-12-37-13-11-20/h2-9,14-17,20H,10-13H2,1H3,(H,34,35). The number of benzene rings is 3. The van der Waals surface area contributed by atoms with E-state index in [-0.39, 0.29) is 17.3 Å². The molecule has 0 amide bonds. The lowest BCUT2D eigenvalue weighted by molar-refractivity contribution is -0.146. The molecule has 2 aromatic heterocycles. The number of fused-ring (bicyclic) bond motifs is 2. The second kappa shape index (κ2) is 9.03. The third kappa shape index (κ3) is 4.19. The van der Waals surface area contributed by atoms with Crippen molar-refractivity contribution in [2.24, 2.45) is 0 Å². The van der Waals surface area contributed by atoms with Crippen LogP contribution in [-0.4, -0.2) is 34.2 Å². The fourth-order valence-electron chi connectivity index (χ4n) is 5.40. The highest BCUT2D eigenvalue weighted by atomic mass is 19.4. The predicted molar refractivity (Wildman–Crippen MR) is 136 cm³/mol. The van der Waals surface area contributed by atoms with Gasteiger partial charge in [0.15, 0.2) is 0 Å². The number of aromatic amines is 1. The second-order valence-electron chi connectivity index (χ2n) is 9.67. The summed E-state index contributed by atoms with van der Waals surface area (Å²) in [5.41, 5.74) is 5.71. The summed E-state index contributed by atoms with van der Waals surface area (Å²) in [6.45, 7) is 2.43. The second-order valence-corrected chi connectivity index (χ2v) is 9.67. The fraction of sp³-hybridized carbons (Fsp3) is 0.276. The van der Waals surface area contributed by atoms with Gasteiger partial charge in [0.1, 0.15) is 5.82 Å². The number of aromatic nitrogens is 3. The first-order valence-corrected chi connectivity index (χ1v) is 12.3. The molecule has 6 rings (SSSR count). The topological polar surface area (TPSA) is 42.8 Å². The molecule has 3 aromatic carbocycles. The molecule has 37 heavy (non-hydrogen) atoms. The average Bonchev–Trinajstić information content (AvgIpc) is 3.49. The zero-order chi connectivity index (χ0) is 25.7. The lowest BCUT2D eigenvalue weighted by Gasteiger charge is -2.26. The summed E-state index contributed by atoms with van der Waals surface area (Å²) in [5.74, 6) is -1.72. The van der Waals surface area contributed by atoms with Crippen LogP contribution in [0.3, 0.4) is 0 Å². The summed E-state index contributed by atoms with van der Waals surface area (Å²) >= 11 is 0. The van der Waals surface area contributed by atoms with E-state index in [0.717, 1.165) is 57.2 Å². The first-order chi connectivity index (χ1) is 17.8.